The van der Waals surface area contributed by atoms with Crippen molar-refractivity contribution >= 4 is 49.6 Å². The van der Waals surface area contributed by atoms with Gasteiger partial charge in [-0.1, -0.05) is 108 Å². The van der Waals surface area contributed by atoms with Crippen LogP contribution in [0.15, 0.2) is 107 Å². The normalized spacial score (nSPS) is 17.8. The van der Waals surface area contributed by atoms with E-state index in [1.54, 1.807) is 0 Å². The van der Waals surface area contributed by atoms with Gasteiger partial charge in [0.15, 0.2) is 0 Å². The molecule has 0 aliphatic heterocycles. The molecule has 5 aliphatic carbocycles. The van der Waals surface area contributed by atoms with Crippen molar-refractivity contribution in [2.24, 2.45) is 5.73 Å². The zero-order valence-electron chi connectivity index (χ0n) is 39.7. The third-order valence-electron chi connectivity index (χ3n) is 14.0. The Morgan fingerprint density at radius 1 is 0.657 bits per heavy atom. The summed E-state index contributed by atoms with van der Waals surface area (Å²) in [6.07, 6.45) is 25.1. The lowest BCUT2D eigenvalue weighted by atomic mass is 9.64. The van der Waals surface area contributed by atoms with Gasteiger partial charge in [0.1, 0.15) is 0 Å². The molecular formula is C54H71Br2N7O4. The number of carbonyl (C=O) groups excluding carboxylic acids is 2. The Bertz CT molecular complexity index is 2290. The van der Waals surface area contributed by atoms with E-state index in [2.05, 4.69) is 121 Å². The van der Waals surface area contributed by atoms with Gasteiger partial charge in [0, 0.05) is 34.4 Å². The van der Waals surface area contributed by atoms with Gasteiger partial charge in [0.2, 0.25) is 11.8 Å². The Morgan fingerprint density at radius 3 is 1.42 bits per heavy atom. The molecule has 11 nitrogen and oxygen atoms in total. The molecule has 0 bridgehead atoms. The fourth-order valence-corrected chi connectivity index (χ4v) is 9.33. The molecule has 3 aromatic carbocycles. The van der Waals surface area contributed by atoms with Crippen molar-refractivity contribution in [3.05, 3.63) is 134 Å². The molecule has 10 rings (SSSR count). The standard InChI is InChI=1S/C20H25N3O.C14H18BrNO.C11H11BrO2.C6H8N2.C3H9N/c1-2-12-21-19(24)20(10-3-11-20)17-6-8-18(9-7-17)23-14-16(13-22-23)15-4-5-15;1-2-10-16-13(17)14(8-3-9-14)11-4-6-12(15)7-5-11;12-9-4-2-8(3-5-9)11(10(13)14)6-1-7-11;1-2-5(1)6-3-7-8-4-6;1-2-3-4/h6-9,13-15H,2-5,10-12H2,1H3,(H,21,24);4-7H,2-3,8-10H2,1H3,(H,16,17);2-5H,1,6-7H2,(H,13,14);3-5H,1-2H2,(H,7,8);2-4H2,1H3. The van der Waals surface area contributed by atoms with Crippen molar-refractivity contribution in [1.82, 2.24) is 30.6 Å². The van der Waals surface area contributed by atoms with Gasteiger partial charge < -0.3 is 21.5 Å². The molecule has 2 heterocycles. The molecule has 5 saturated carbocycles. The number of aromatic amines is 1. The number of carboxylic acids is 1. The predicted octanol–water partition coefficient (Wildman–Crippen LogP) is 11.7. The summed E-state index contributed by atoms with van der Waals surface area (Å²) in [6.45, 7) is 8.57. The molecule has 360 valence electrons. The number of benzene rings is 3. The van der Waals surface area contributed by atoms with Gasteiger partial charge in [-0.25, -0.2) is 4.68 Å². The van der Waals surface area contributed by atoms with Crippen molar-refractivity contribution in [2.45, 2.75) is 152 Å². The average Bonchev–Trinajstić information content (AvgIpc) is 4.22. The second-order valence-corrected chi connectivity index (χ2v) is 20.6. The number of nitrogens with zero attached hydrogens (tertiary/aromatic N) is 3. The molecule has 0 unspecified atom stereocenters. The first-order valence-electron chi connectivity index (χ1n) is 24.6. The zero-order chi connectivity index (χ0) is 47.9. The molecule has 5 aliphatic rings. The summed E-state index contributed by atoms with van der Waals surface area (Å²) in [5.41, 5.74) is 10.9. The van der Waals surface area contributed by atoms with Gasteiger partial charge in [0.05, 0.1) is 34.3 Å². The van der Waals surface area contributed by atoms with Crippen LogP contribution in [0.4, 0.5) is 0 Å². The summed E-state index contributed by atoms with van der Waals surface area (Å²) < 4.78 is 3.99. The number of carboxylic acid groups (broad SMARTS) is 1. The number of aliphatic carboxylic acids is 1. The molecule has 5 fully saturated rings. The average molecular weight is 1040 g/mol. The second kappa shape index (κ2) is 24.6. The van der Waals surface area contributed by atoms with Gasteiger partial charge in [-0.3, -0.25) is 19.5 Å². The first-order valence-corrected chi connectivity index (χ1v) is 26.2. The maximum absolute atomic E-state index is 12.6. The van der Waals surface area contributed by atoms with Crippen molar-refractivity contribution in [2.75, 3.05) is 19.6 Å². The molecule has 0 spiro atoms. The number of nitrogens with one attached hydrogen (secondary N) is 3. The third-order valence-corrected chi connectivity index (χ3v) is 15.0. The molecule has 5 aromatic rings. The lowest BCUT2D eigenvalue weighted by Crippen LogP contribution is -2.49. The van der Waals surface area contributed by atoms with Crippen molar-refractivity contribution in [3.8, 4) is 5.69 Å². The molecule has 2 aromatic heterocycles. The number of hydrogen-bond acceptors (Lipinski definition) is 6. The van der Waals surface area contributed by atoms with Gasteiger partial charge in [-0.2, -0.15) is 10.2 Å². The van der Waals surface area contributed by atoms with Crippen LogP contribution >= 0.6 is 31.9 Å². The van der Waals surface area contributed by atoms with Gasteiger partial charge in [0.25, 0.3) is 0 Å². The summed E-state index contributed by atoms with van der Waals surface area (Å²) in [5, 5.41) is 26.5. The molecule has 67 heavy (non-hydrogen) atoms. The van der Waals surface area contributed by atoms with Crippen molar-refractivity contribution < 1.29 is 19.5 Å². The number of carbonyl (C=O) groups is 3. The summed E-state index contributed by atoms with van der Waals surface area (Å²) in [7, 11) is 0. The van der Waals surface area contributed by atoms with E-state index in [9.17, 15) is 19.5 Å². The van der Waals surface area contributed by atoms with E-state index in [1.165, 1.54) is 36.8 Å². The quantitative estimate of drug-likeness (QED) is 0.0738. The Kier molecular flexibility index (Phi) is 19.0. The topological polar surface area (TPSA) is 168 Å². The first kappa shape index (κ1) is 51.8. The maximum Gasteiger partial charge on any atom is 0.314 e. The van der Waals surface area contributed by atoms with Gasteiger partial charge >= 0.3 is 5.97 Å². The number of halogens is 2. The zero-order valence-corrected chi connectivity index (χ0v) is 42.8. The first-order chi connectivity index (χ1) is 32.4. The van der Waals surface area contributed by atoms with E-state index in [0.717, 1.165) is 140 Å². The number of H-pyrrole nitrogens is 1. The lowest BCUT2D eigenvalue weighted by molar-refractivity contribution is -0.147. The number of aromatic nitrogens is 4. The Morgan fingerprint density at radius 2 is 1.07 bits per heavy atom. The Labute approximate surface area is 414 Å². The minimum Gasteiger partial charge on any atom is -0.481 e. The minimum atomic E-state index is -0.689. The fraction of sp³-hybridized carbons (Fsp3) is 0.500. The number of hydrogen-bond donors (Lipinski definition) is 5. The highest BCUT2D eigenvalue weighted by atomic mass is 79.9. The van der Waals surface area contributed by atoms with E-state index in [-0.39, 0.29) is 22.6 Å². The van der Waals surface area contributed by atoms with Crippen LogP contribution in [0.25, 0.3) is 5.69 Å². The van der Waals surface area contributed by atoms with Crippen LogP contribution in [0.5, 0.6) is 0 Å². The molecule has 2 amide bonds. The predicted molar refractivity (Wildman–Crippen MR) is 275 cm³/mol. The Balaban J connectivity index is 0.000000151. The van der Waals surface area contributed by atoms with Crippen molar-refractivity contribution in [1.29, 1.82) is 0 Å². The maximum atomic E-state index is 12.6. The molecular weight excluding hydrogens is 970 g/mol. The highest BCUT2D eigenvalue weighted by molar-refractivity contribution is 9.10. The molecule has 13 heteroatoms. The monoisotopic (exact) mass is 1040 g/mol. The van der Waals surface area contributed by atoms with Crippen LogP contribution in [0.2, 0.25) is 0 Å². The van der Waals surface area contributed by atoms with Crippen LogP contribution in [-0.4, -0.2) is 62.5 Å². The third kappa shape index (κ3) is 13.1. The van der Waals surface area contributed by atoms with Crippen LogP contribution in [0, 0.1) is 0 Å². The largest absolute Gasteiger partial charge is 0.481 e. The van der Waals surface area contributed by atoms with E-state index in [4.69, 9.17) is 5.73 Å². The van der Waals surface area contributed by atoms with Crippen LogP contribution < -0.4 is 16.4 Å². The highest BCUT2D eigenvalue weighted by Crippen LogP contribution is 2.46. The van der Waals surface area contributed by atoms with E-state index < -0.39 is 11.4 Å². The molecule has 0 atom stereocenters. The molecule has 0 saturated heterocycles. The minimum absolute atomic E-state index is 0.193. The van der Waals surface area contributed by atoms with Gasteiger partial charge in [-0.15, -0.1) is 0 Å². The number of nitrogens with two attached hydrogens (primary N) is 1. The van der Waals surface area contributed by atoms with Crippen LogP contribution in [-0.2, 0) is 30.6 Å². The number of rotatable bonds is 14. The Hall–Kier alpha value is -4.59. The fourth-order valence-electron chi connectivity index (χ4n) is 8.80. The summed E-state index contributed by atoms with van der Waals surface area (Å²) in [6, 6.07) is 24.2. The SMILES string of the molecule is CCCN.CCCNC(=O)C1(c2ccc(-n3cc(C4CC4)cn3)cc2)CCC1.CCCNC(=O)C1(c2ccc(Br)cc2)CCC1.O=C(O)C1(c2ccc(Br)cc2)CCC1.c1n[nH]cc1C1CC1. The highest BCUT2D eigenvalue weighted by Gasteiger charge is 2.47. The van der Waals surface area contributed by atoms with Crippen LogP contribution in [0.3, 0.4) is 0 Å². The lowest BCUT2D eigenvalue weighted by Gasteiger charge is -2.40. The smallest absolute Gasteiger partial charge is 0.314 e. The van der Waals surface area contributed by atoms with Crippen molar-refractivity contribution in [3.63, 3.8) is 0 Å². The summed E-state index contributed by atoms with van der Waals surface area (Å²) in [4.78, 5) is 36.1. The molecule has 6 N–H and O–H groups in total. The van der Waals surface area contributed by atoms with Gasteiger partial charge in [-0.05, 0) is 166 Å². The molecule has 0 radical (unpaired) electrons. The van der Waals surface area contributed by atoms with E-state index >= 15 is 0 Å². The second-order valence-electron chi connectivity index (χ2n) is 18.8. The summed E-state index contributed by atoms with van der Waals surface area (Å²) >= 11 is 6.77. The summed E-state index contributed by atoms with van der Waals surface area (Å²) in [5.74, 6) is 1.27. The van der Waals surface area contributed by atoms with E-state index in [0.29, 0.717) is 0 Å². The number of amides is 2. The van der Waals surface area contributed by atoms with Crippen LogP contribution in [0.1, 0.15) is 163 Å². The van der Waals surface area contributed by atoms with E-state index in [1.807, 2.05) is 59.7 Å².